The lowest BCUT2D eigenvalue weighted by Crippen LogP contribution is -2.74. The topological polar surface area (TPSA) is 151 Å². The van der Waals surface area contributed by atoms with Gasteiger partial charge < -0.3 is 29.9 Å². The second kappa shape index (κ2) is 11.0. The number of carbonyl (C=O) groups is 3. The summed E-state index contributed by atoms with van der Waals surface area (Å²) in [6, 6.07) is 11.2. The molecule has 0 amide bonds. The average molecular weight is 546 g/mol. The first-order valence-electron chi connectivity index (χ1n) is 11.4. The maximum Gasteiger partial charge on any atom is 0.339 e. The Morgan fingerprint density at radius 2 is 1.18 bits per heavy atom. The first-order valence-corrected chi connectivity index (χ1v) is 11.4. The van der Waals surface area contributed by atoms with Gasteiger partial charge in [-0.3, -0.25) is 9.59 Å². The van der Waals surface area contributed by atoms with Crippen LogP contribution in [0.3, 0.4) is 0 Å². The Morgan fingerprint density at radius 3 is 1.64 bits per heavy atom. The zero-order valence-electron chi connectivity index (χ0n) is 19.8. The number of aliphatic hydroxyl groups excluding tert-OH is 3. The van der Waals surface area contributed by atoms with E-state index in [0.717, 1.165) is 72.8 Å². The Labute approximate surface area is 218 Å². The Hall–Kier alpha value is -3.94. The summed E-state index contributed by atoms with van der Waals surface area (Å²) < 4.78 is 51.4. The molecule has 3 aromatic rings. The fraction of sp³-hybridized carbons (Fsp3) is 0.222. The molecule has 4 N–H and O–H groups in total. The van der Waals surface area contributed by atoms with E-state index in [4.69, 9.17) is 9.47 Å². The zero-order valence-corrected chi connectivity index (χ0v) is 19.8. The van der Waals surface area contributed by atoms with E-state index < -0.39 is 76.9 Å². The van der Waals surface area contributed by atoms with Gasteiger partial charge >= 0.3 is 5.97 Å². The van der Waals surface area contributed by atoms with Gasteiger partial charge in [-0.1, -0.05) is 0 Å². The number of ketones is 2. The third-order valence-corrected chi connectivity index (χ3v) is 6.25. The van der Waals surface area contributed by atoms with Crippen LogP contribution < -0.4 is 0 Å². The number of carbonyl (C=O) groups excluding carboxylic acids is 3. The molecule has 1 fully saturated rings. The van der Waals surface area contributed by atoms with Crippen molar-refractivity contribution in [1.82, 2.24) is 0 Å². The van der Waals surface area contributed by atoms with Crippen molar-refractivity contribution in [3.05, 3.63) is 107 Å². The van der Waals surface area contributed by atoms with Crippen molar-refractivity contribution in [1.29, 1.82) is 0 Å². The second-order valence-corrected chi connectivity index (χ2v) is 8.73. The molecule has 1 unspecified atom stereocenters. The summed E-state index contributed by atoms with van der Waals surface area (Å²) in [5.74, 6) is -6.06. The lowest BCUT2D eigenvalue weighted by Gasteiger charge is -2.49. The maximum absolute atomic E-state index is 13.9. The van der Waals surface area contributed by atoms with Gasteiger partial charge in [0.15, 0.2) is 18.2 Å². The summed E-state index contributed by atoms with van der Waals surface area (Å²) in [4.78, 5) is 40.8. The molecule has 0 saturated carbocycles. The molecule has 5 atom stereocenters. The van der Waals surface area contributed by atoms with Gasteiger partial charge in [-0.2, -0.15) is 0 Å². The van der Waals surface area contributed by atoms with Crippen LogP contribution in [0.4, 0.5) is 13.2 Å². The molecule has 0 radical (unpaired) electrons. The Morgan fingerprint density at radius 1 is 0.744 bits per heavy atom. The highest BCUT2D eigenvalue weighted by Crippen LogP contribution is 2.39. The molecule has 39 heavy (non-hydrogen) atoms. The van der Waals surface area contributed by atoms with E-state index in [1.807, 2.05) is 0 Å². The summed E-state index contributed by atoms with van der Waals surface area (Å²) >= 11 is 0. The highest BCUT2D eigenvalue weighted by atomic mass is 19.1. The number of hydrogen-bond donors (Lipinski definition) is 4. The van der Waals surface area contributed by atoms with Gasteiger partial charge in [-0.05, 0) is 72.8 Å². The highest BCUT2D eigenvalue weighted by molar-refractivity contribution is 6.12. The summed E-state index contributed by atoms with van der Waals surface area (Å²) in [5.41, 5.74) is -4.12. The minimum atomic E-state index is -3.10. The molecule has 9 nitrogen and oxygen atoms in total. The van der Waals surface area contributed by atoms with Crippen LogP contribution in [0.5, 0.6) is 0 Å². The number of ether oxygens (including phenoxy) is 2. The van der Waals surface area contributed by atoms with E-state index >= 15 is 0 Å². The minimum Gasteiger partial charge on any atom is -0.441 e. The number of hydrogen-bond acceptors (Lipinski definition) is 9. The van der Waals surface area contributed by atoms with Crippen LogP contribution in [-0.4, -0.2) is 74.3 Å². The van der Waals surface area contributed by atoms with Crippen LogP contribution >= 0.6 is 0 Å². The Kier molecular flexibility index (Phi) is 7.95. The quantitative estimate of drug-likeness (QED) is 0.197. The monoisotopic (exact) mass is 546 g/mol. The molecule has 204 valence electrons. The van der Waals surface area contributed by atoms with Crippen LogP contribution in [0.15, 0.2) is 72.8 Å². The van der Waals surface area contributed by atoms with Crippen LogP contribution in [0, 0.1) is 17.5 Å². The molecule has 0 bridgehead atoms. The standard InChI is InChI=1S/C27H21F3O9/c28-16-7-1-13(2-8-16)19(31)24-27(22(33)14-3-9-17(29)10-4-14,23(34)20(32)21(38-24)25(35)36)39-26(37)15-5-11-18(30)12-6-15/h1-12,20-21,23-25,32,34-36H/t20-,21+,23+,24?,27-/m1/s1. The summed E-state index contributed by atoms with van der Waals surface area (Å²) in [7, 11) is 0. The minimum absolute atomic E-state index is 0.301. The van der Waals surface area contributed by atoms with Crippen LogP contribution in [0.1, 0.15) is 31.1 Å². The predicted octanol–water partition coefficient (Wildman–Crippen LogP) is 1.57. The number of rotatable bonds is 7. The fourth-order valence-electron chi connectivity index (χ4n) is 4.23. The number of benzene rings is 3. The van der Waals surface area contributed by atoms with Crippen molar-refractivity contribution in [2.45, 2.75) is 36.3 Å². The SMILES string of the molecule is O=C(O[C@@]1(C(=O)c2ccc(F)cc2)C(C(=O)c2ccc(F)cc2)O[C@H](C(O)O)[C@@H](O)[C@@H]1O)c1ccc(F)cc1. The lowest BCUT2D eigenvalue weighted by molar-refractivity contribution is -0.278. The average Bonchev–Trinajstić information content (AvgIpc) is 2.91. The third-order valence-electron chi connectivity index (χ3n) is 6.25. The van der Waals surface area contributed by atoms with Crippen molar-refractivity contribution in [2.75, 3.05) is 0 Å². The fourth-order valence-corrected chi connectivity index (χ4v) is 4.23. The van der Waals surface area contributed by atoms with Gasteiger partial charge in [-0.15, -0.1) is 0 Å². The maximum atomic E-state index is 13.9. The van der Waals surface area contributed by atoms with Gasteiger partial charge in [-0.25, -0.2) is 18.0 Å². The van der Waals surface area contributed by atoms with Gasteiger partial charge in [0, 0.05) is 11.1 Å². The molecule has 12 heteroatoms. The number of aliphatic hydroxyl groups is 4. The normalized spacial score (nSPS) is 24.8. The van der Waals surface area contributed by atoms with Gasteiger partial charge in [0.05, 0.1) is 5.56 Å². The molecule has 3 aromatic carbocycles. The van der Waals surface area contributed by atoms with Crippen molar-refractivity contribution in [2.24, 2.45) is 0 Å². The van der Waals surface area contributed by atoms with Gasteiger partial charge in [0.2, 0.25) is 11.4 Å². The first kappa shape index (κ1) is 28.1. The number of esters is 1. The smallest absolute Gasteiger partial charge is 0.339 e. The zero-order chi connectivity index (χ0) is 28.5. The van der Waals surface area contributed by atoms with Gasteiger partial charge in [0.25, 0.3) is 0 Å². The van der Waals surface area contributed by atoms with E-state index in [2.05, 4.69) is 0 Å². The number of halogens is 3. The van der Waals surface area contributed by atoms with E-state index in [9.17, 15) is 48.0 Å². The number of Topliss-reactive ketones (excluding diaryl/α,β-unsaturated/α-hetero) is 2. The first-order chi connectivity index (χ1) is 18.5. The van der Waals surface area contributed by atoms with Crippen molar-refractivity contribution < 1.29 is 57.5 Å². The van der Waals surface area contributed by atoms with Crippen LogP contribution in [0.25, 0.3) is 0 Å². The van der Waals surface area contributed by atoms with Crippen molar-refractivity contribution in [3.8, 4) is 0 Å². The summed E-state index contributed by atoms with van der Waals surface area (Å²) in [6.45, 7) is 0. The third kappa shape index (κ3) is 5.33. The lowest BCUT2D eigenvalue weighted by atomic mass is 9.74. The van der Waals surface area contributed by atoms with Crippen LogP contribution in [-0.2, 0) is 9.47 Å². The van der Waals surface area contributed by atoms with Crippen molar-refractivity contribution >= 4 is 17.5 Å². The molecular formula is C27H21F3O9. The molecule has 0 spiro atoms. The summed E-state index contributed by atoms with van der Waals surface area (Å²) in [6.07, 6.45) is -11.7. The molecule has 1 heterocycles. The largest absolute Gasteiger partial charge is 0.441 e. The second-order valence-electron chi connectivity index (χ2n) is 8.73. The highest BCUT2D eigenvalue weighted by Gasteiger charge is 2.66. The van der Waals surface area contributed by atoms with Crippen LogP contribution in [0.2, 0.25) is 0 Å². The van der Waals surface area contributed by atoms with Crippen molar-refractivity contribution in [3.63, 3.8) is 0 Å². The molecule has 1 saturated heterocycles. The Bertz CT molecular complexity index is 1360. The molecule has 0 aromatic heterocycles. The molecule has 4 rings (SSSR count). The van der Waals surface area contributed by atoms with E-state index in [0.29, 0.717) is 0 Å². The van der Waals surface area contributed by atoms with Gasteiger partial charge in [0.1, 0.15) is 35.8 Å². The Balaban J connectivity index is 1.92. The predicted molar refractivity (Wildman–Crippen MR) is 125 cm³/mol. The van der Waals surface area contributed by atoms with E-state index in [-0.39, 0.29) is 11.1 Å². The van der Waals surface area contributed by atoms with E-state index in [1.165, 1.54) is 0 Å². The molecule has 0 aliphatic carbocycles. The molecule has 1 aliphatic rings. The summed E-state index contributed by atoms with van der Waals surface area (Å²) in [5, 5.41) is 41.4. The molecular weight excluding hydrogens is 525 g/mol. The molecule has 1 aliphatic heterocycles. The van der Waals surface area contributed by atoms with E-state index in [1.54, 1.807) is 0 Å².